The van der Waals surface area contributed by atoms with Crippen molar-refractivity contribution in [3.63, 3.8) is 0 Å². The van der Waals surface area contributed by atoms with E-state index >= 15 is 0 Å². The van der Waals surface area contributed by atoms with Gasteiger partial charge in [-0.05, 0) is 37.5 Å². The summed E-state index contributed by atoms with van der Waals surface area (Å²) in [7, 11) is 0. The van der Waals surface area contributed by atoms with Gasteiger partial charge in [-0.1, -0.05) is 19.9 Å². The molecular formula is C13H22N2. The number of anilines is 2. The Morgan fingerprint density at radius 1 is 1.13 bits per heavy atom. The first-order chi connectivity index (χ1) is 7.19. The molecule has 0 spiro atoms. The first-order valence-electron chi connectivity index (χ1n) is 5.80. The lowest BCUT2D eigenvalue weighted by Gasteiger charge is -2.25. The van der Waals surface area contributed by atoms with Crippen LogP contribution in [-0.4, -0.2) is 13.1 Å². The third kappa shape index (κ3) is 3.15. The van der Waals surface area contributed by atoms with Gasteiger partial charge in [-0.15, -0.1) is 0 Å². The molecule has 0 radical (unpaired) electrons. The van der Waals surface area contributed by atoms with E-state index in [1.807, 2.05) is 6.07 Å². The first kappa shape index (κ1) is 11.9. The average Bonchev–Trinajstić information content (AvgIpc) is 2.21. The van der Waals surface area contributed by atoms with Gasteiger partial charge in [0, 0.05) is 13.1 Å². The molecule has 2 heteroatoms. The fourth-order valence-electron chi connectivity index (χ4n) is 1.82. The molecule has 84 valence electrons. The summed E-state index contributed by atoms with van der Waals surface area (Å²) in [6.45, 7) is 8.69. The van der Waals surface area contributed by atoms with Crippen LogP contribution in [0, 0.1) is 6.92 Å². The third-order valence-corrected chi connectivity index (χ3v) is 2.51. The van der Waals surface area contributed by atoms with Crippen LogP contribution < -0.4 is 10.6 Å². The molecule has 0 heterocycles. The molecule has 1 aromatic carbocycles. The topological polar surface area (TPSA) is 29.3 Å². The lowest BCUT2D eigenvalue weighted by Crippen LogP contribution is -2.25. The van der Waals surface area contributed by atoms with E-state index in [2.05, 4.69) is 37.8 Å². The minimum absolute atomic E-state index is 0.891. The summed E-state index contributed by atoms with van der Waals surface area (Å²) in [5.41, 5.74) is 9.37. The molecule has 0 saturated carbocycles. The number of hydrogen-bond acceptors (Lipinski definition) is 2. The van der Waals surface area contributed by atoms with E-state index in [1.165, 1.54) is 11.3 Å². The molecule has 0 amide bonds. The fraction of sp³-hybridized carbons (Fsp3) is 0.538. The summed E-state index contributed by atoms with van der Waals surface area (Å²) in [5.74, 6) is 0. The zero-order valence-corrected chi connectivity index (χ0v) is 10.1. The second kappa shape index (κ2) is 5.64. The Labute approximate surface area is 93.1 Å². The molecule has 0 fully saturated rings. The van der Waals surface area contributed by atoms with E-state index in [0.29, 0.717) is 0 Å². The van der Waals surface area contributed by atoms with Crippen LogP contribution in [-0.2, 0) is 0 Å². The summed E-state index contributed by atoms with van der Waals surface area (Å²) in [6.07, 6.45) is 2.32. The quantitative estimate of drug-likeness (QED) is 0.750. The number of nitrogens with two attached hydrogens (primary N) is 1. The lowest BCUT2D eigenvalue weighted by molar-refractivity contribution is 0.745. The molecule has 0 aromatic heterocycles. The van der Waals surface area contributed by atoms with Gasteiger partial charge < -0.3 is 10.6 Å². The molecule has 2 nitrogen and oxygen atoms in total. The highest BCUT2D eigenvalue weighted by Gasteiger charge is 2.07. The highest BCUT2D eigenvalue weighted by atomic mass is 15.1. The van der Waals surface area contributed by atoms with Crippen molar-refractivity contribution in [2.24, 2.45) is 0 Å². The normalized spacial score (nSPS) is 10.3. The zero-order chi connectivity index (χ0) is 11.3. The summed E-state index contributed by atoms with van der Waals surface area (Å²) in [5, 5.41) is 0. The molecule has 1 rings (SSSR count). The van der Waals surface area contributed by atoms with Crippen molar-refractivity contribution in [3.8, 4) is 0 Å². The molecule has 0 aliphatic heterocycles. The second-order valence-corrected chi connectivity index (χ2v) is 4.05. The van der Waals surface area contributed by atoms with Crippen LogP contribution in [0.25, 0.3) is 0 Å². The van der Waals surface area contributed by atoms with Gasteiger partial charge in [-0.25, -0.2) is 0 Å². The van der Waals surface area contributed by atoms with Gasteiger partial charge in [-0.2, -0.15) is 0 Å². The molecule has 0 unspecified atom stereocenters. The maximum atomic E-state index is 6.01. The van der Waals surface area contributed by atoms with Crippen LogP contribution in [0.15, 0.2) is 18.2 Å². The Balaban J connectivity index is 2.93. The number of aryl methyl sites for hydroxylation is 1. The SMILES string of the molecule is CCCN(CCC)c1cc(C)ccc1N. The third-order valence-electron chi connectivity index (χ3n) is 2.51. The monoisotopic (exact) mass is 206 g/mol. The Morgan fingerprint density at radius 3 is 2.27 bits per heavy atom. The van der Waals surface area contributed by atoms with Gasteiger partial charge >= 0.3 is 0 Å². The smallest absolute Gasteiger partial charge is 0.0602 e. The Kier molecular flexibility index (Phi) is 4.47. The van der Waals surface area contributed by atoms with E-state index < -0.39 is 0 Å². The molecule has 0 bridgehead atoms. The van der Waals surface area contributed by atoms with Gasteiger partial charge in [0.2, 0.25) is 0 Å². The minimum Gasteiger partial charge on any atom is -0.397 e. The zero-order valence-electron chi connectivity index (χ0n) is 10.1. The molecular weight excluding hydrogens is 184 g/mol. The van der Waals surface area contributed by atoms with E-state index in [-0.39, 0.29) is 0 Å². The Morgan fingerprint density at radius 2 is 1.73 bits per heavy atom. The number of hydrogen-bond donors (Lipinski definition) is 1. The van der Waals surface area contributed by atoms with Gasteiger partial charge in [0.15, 0.2) is 0 Å². The molecule has 0 aliphatic rings. The maximum absolute atomic E-state index is 6.01. The lowest BCUT2D eigenvalue weighted by atomic mass is 10.1. The molecule has 15 heavy (non-hydrogen) atoms. The van der Waals surface area contributed by atoms with Gasteiger partial charge in [0.25, 0.3) is 0 Å². The summed E-state index contributed by atoms with van der Waals surface area (Å²) >= 11 is 0. The van der Waals surface area contributed by atoms with Crippen molar-refractivity contribution in [3.05, 3.63) is 23.8 Å². The number of rotatable bonds is 5. The highest BCUT2D eigenvalue weighted by molar-refractivity contribution is 5.68. The first-order valence-corrected chi connectivity index (χ1v) is 5.80. The average molecular weight is 206 g/mol. The predicted octanol–water partition coefficient (Wildman–Crippen LogP) is 3.20. The van der Waals surface area contributed by atoms with Crippen molar-refractivity contribution in [2.45, 2.75) is 33.6 Å². The molecule has 0 aliphatic carbocycles. The number of benzene rings is 1. The Hall–Kier alpha value is -1.18. The van der Waals surface area contributed by atoms with Crippen LogP contribution >= 0.6 is 0 Å². The fourth-order valence-corrected chi connectivity index (χ4v) is 1.82. The predicted molar refractivity (Wildman–Crippen MR) is 68.4 cm³/mol. The summed E-state index contributed by atoms with van der Waals surface area (Å²) in [4.78, 5) is 2.38. The van der Waals surface area contributed by atoms with E-state index in [4.69, 9.17) is 5.73 Å². The molecule has 2 N–H and O–H groups in total. The minimum atomic E-state index is 0.891. The van der Waals surface area contributed by atoms with Crippen LogP contribution in [0.4, 0.5) is 11.4 Å². The van der Waals surface area contributed by atoms with E-state index in [1.54, 1.807) is 0 Å². The number of nitrogen functional groups attached to an aromatic ring is 1. The van der Waals surface area contributed by atoms with Crippen molar-refractivity contribution in [2.75, 3.05) is 23.7 Å². The van der Waals surface area contributed by atoms with Crippen molar-refractivity contribution in [1.82, 2.24) is 0 Å². The van der Waals surface area contributed by atoms with Crippen molar-refractivity contribution in [1.29, 1.82) is 0 Å². The van der Waals surface area contributed by atoms with E-state index in [0.717, 1.165) is 31.6 Å². The molecule has 0 atom stereocenters. The van der Waals surface area contributed by atoms with Crippen LogP contribution in [0.3, 0.4) is 0 Å². The second-order valence-electron chi connectivity index (χ2n) is 4.05. The van der Waals surface area contributed by atoms with Crippen LogP contribution in [0.1, 0.15) is 32.3 Å². The molecule has 0 saturated heterocycles. The highest BCUT2D eigenvalue weighted by Crippen LogP contribution is 2.24. The van der Waals surface area contributed by atoms with Crippen LogP contribution in [0.5, 0.6) is 0 Å². The standard InChI is InChI=1S/C13H22N2/c1-4-8-15(9-5-2)13-10-11(3)6-7-12(13)14/h6-7,10H,4-5,8-9,14H2,1-3H3. The summed E-state index contributed by atoms with van der Waals surface area (Å²) in [6, 6.07) is 6.25. The van der Waals surface area contributed by atoms with Gasteiger partial charge in [-0.3, -0.25) is 0 Å². The molecule has 1 aromatic rings. The van der Waals surface area contributed by atoms with Crippen LogP contribution in [0.2, 0.25) is 0 Å². The Bertz CT molecular complexity index is 301. The van der Waals surface area contributed by atoms with Gasteiger partial charge in [0.05, 0.1) is 11.4 Å². The van der Waals surface area contributed by atoms with Crippen molar-refractivity contribution < 1.29 is 0 Å². The largest absolute Gasteiger partial charge is 0.397 e. The number of nitrogens with zero attached hydrogens (tertiary/aromatic N) is 1. The maximum Gasteiger partial charge on any atom is 0.0602 e. The van der Waals surface area contributed by atoms with E-state index in [9.17, 15) is 0 Å². The van der Waals surface area contributed by atoms with Crippen molar-refractivity contribution >= 4 is 11.4 Å². The van der Waals surface area contributed by atoms with Gasteiger partial charge in [0.1, 0.15) is 0 Å². The summed E-state index contributed by atoms with van der Waals surface area (Å²) < 4.78 is 0.